The molecule has 1 aromatic carbocycles. The van der Waals surface area contributed by atoms with Gasteiger partial charge in [0.2, 0.25) is 0 Å². The molecule has 27 heavy (non-hydrogen) atoms. The maximum absolute atomic E-state index is 10.2. The molecule has 1 saturated heterocycles. The summed E-state index contributed by atoms with van der Waals surface area (Å²) >= 11 is 0. The van der Waals surface area contributed by atoms with Crippen LogP contribution in [0.2, 0.25) is 0 Å². The third-order valence-corrected chi connectivity index (χ3v) is 4.33. The summed E-state index contributed by atoms with van der Waals surface area (Å²) in [4.78, 5) is 12.6. The van der Waals surface area contributed by atoms with Gasteiger partial charge in [0.25, 0.3) is 0 Å². The van der Waals surface area contributed by atoms with Crippen molar-refractivity contribution in [3.05, 3.63) is 48.5 Å². The van der Waals surface area contributed by atoms with Crippen LogP contribution >= 0.6 is 0 Å². The van der Waals surface area contributed by atoms with Crippen LogP contribution in [0.15, 0.2) is 48.1 Å². The first-order chi connectivity index (χ1) is 13.2. The second-order valence-electron chi connectivity index (χ2n) is 6.06. The first-order valence-corrected chi connectivity index (χ1v) is 8.33. The lowest BCUT2D eigenvalue weighted by Gasteiger charge is -2.16. The summed E-state index contributed by atoms with van der Waals surface area (Å²) < 4.78 is 7.02. The van der Waals surface area contributed by atoms with Gasteiger partial charge in [-0.15, -0.1) is 0 Å². The molecule has 0 aliphatic carbocycles. The summed E-state index contributed by atoms with van der Waals surface area (Å²) in [6, 6.07) is 9.57. The van der Waals surface area contributed by atoms with Crippen molar-refractivity contribution in [3.63, 3.8) is 0 Å². The Kier molecular flexibility index (Phi) is 4.77. The van der Waals surface area contributed by atoms with E-state index in [9.17, 15) is 15.3 Å². The number of rotatable bonds is 5. The molecular formula is C17H18N6O4. The zero-order chi connectivity index (χ0) is 18.8. The van der Waals surface area contributed by atoms with Crippen LogP contribution in [0, 0.1) is 0 Å². The summed E-state index contributed by atoms with van der Waals surface area (Å²) in [5, 5.41) is 33.6. The quantitative estimate of drug-likeness (QED) is 0.360. The summed E-state index contributed by atoms with van der Waals surface area (Å²) in [6.07, 6.45) is 0.203. The number of anilines is 1. The zero-order valence-electron chi connectivity index (χ0n) is 14.1. The summed E-state index contributed by atoms with van der Waals surface area (Å²) in [5.74, 6) is 0.387. The van der Waals surface area contributed by atoms with Gasteiger partial charge in [-0.1, -0.05) is 30.3 Å². The van der Waals surface area contributed by atoms with Crippen molar-refractivity contribution in [3.8, 4) is 0 Å². The molecule has 10 heteroatoms. The molecule has 0 radical (unpaired) electrons. The van der Waals surface area contributed by atoms with Crippen molar-refractivity contribution < 1.29 is 20.1 Å². The Labute approximate surface area is 153 Å². The minimum absolute atomic E-state index is 0.387. The standard InChI is InChI=1S/C17H18N6O4/c24-7-11-13(25)14(26)17(27-11)23-9-20-12-15(18-8-19-16(12)23)22-21-6-10-4-2-1-3-5-10/h1-6,8-9,11,13-14,17,24-26H,7H2,(H,18,19,22)/b21-6+/t11-,13?,14+,17-/m1/s1. The predicted molar refractivity (Wildman–Crippen MR) is 96.0 cm³/mol. The van der Waals surface area contributed by atoms with E-state index in [1.54, 1.807) is 6.21 Å². The molecule has 0 bridgehead atoms. The molecule has 4 rings (SSSR count). The van der Waals surface area contributed by atoms with Crippen LogP contribution in [0.5, 0.6) is 0 Å². The van der Waals surface area contributed by atoms with E-state index in [4.69, 9.17) is 4.74 Å². The van der Waals surface area contributed by atoms with Gasteiger partial charge in [-0.3, -0.25) is 9.99 Å². The molecule has 0 amide bonds. The van der Waals surface area contributed by atoms with Gasteiger partial charge in [0, 0.05) is 0 Å². The first kappa shape index (κ1) is 17.5. The third-order valence-electron chi connectivity index (χ3n) is 4.33. The normalized spacial score (nSPS) is 25.4. The maximum Gasteiger partial charge on any atom is 0.177 e. The highest BCUT2D eigenvalue weighted by Crippen LogP contribution is 2.32. The number of hydrogen-bond donors (Lipinski definition) is 4. The van der Waals surface area contributed by atoms with Crippen molar-refractivity contribution in [1.82, 2.24) is 19.5 Å². The zero-order valence-corrected chi connectivity index (χ0v) is 14.1. The Bertz CT molecular complexity index is 947. The van der Waals surface area contributed by atoms with Gasteiger partial charge in [0.05, 0.1) is 19.1 Å². The minimum Gasteiger partial charge on any atom is -0.394 e. The summed E-state index contributed by atoms with van der Waals surface area (Å²) in [5.41, 5.74) is 4.58. The van der Waals surface area contributed by atoms with E-state index in [2.05, 4.69) is 25.5 Å². The molecule has 1 unspecified atom stereocenters. The van der Waals surface area contributed by atoms with Crippen molar-refractivity contribution in [2.24, 2.45) is 5.10 Å². The van der Waals surface area contributed by atoms with Gasteiger partial charge in [-0.25, -0.2) is 15.0 Å². The second-order valence-corrected chi connectivity index (χ2v) is 6.06. The summed E-state index contributed by atoms with van der Waals surface area (Å²) in [6.45, 7) is -0.405. The molecule has 3 aromatic rings. The van der Waals surface area contributed by atoms with Crippen molar-refractivity contribution in [2.45, 2.75) is 24.5 Å². The molecule has 1 fully saturated rings. The number of benzene rings is 1. The highest BCUT2D eigenvalue weighted by Gasteiger charge is 2.44. The maximum atomic E-state index is 10.2. The van der Waals surface area contributed by atoms with Gasteiger partial charge in [0.1, 0.15) is 24.6 Å². The van der Waals surface area contributed by atoms with Gasteiger partial charge in [-0.2, -0.15) is 5.10 Å². The second kappa shape index (κ2) is 7.37. The molecule has 0 spiro atoms. The Hall–Kier alpha value is -2.92. The number of ether oxygens (including phenoxy) is 1. The van der Waals surface area contributed by atoms with E-state index in [0.717, 1.165) is 5.56 Å². The fourth-order valence-electron chi connectivity index (χ4n) is 2.94. The number of nitrogens with zero attached hydrogens (tertiary/aromatic N) is 5. The van der Waals surface area contributed by atoms with Crippen molar-refractivity contribution in [1.29, 1.82) is 0 Å². The van der Waals surface area contributed by atoms with Crippen LogP contribution in [0.3, 0.4) is 0 Å². The van der Waals surface area contributed by atoms with Crippen LogP contribution in [0.1, 0.15) is 11.8 Å². The smallest absolute Gasteiger partial charge is 0.177 e. The fraction of sp³-hybridized carbons (Fsp3) is 0.294. The van der Waals surface area contributed by atoms with Crippen LogP contribution < -0.4 is 5.43 Å². The van der Waals surface area contributed by atoms with E-state index in [-0.39, 0.29) is 0 Å². The molecule has 0 saturated carbocycles. The molecule has 2 aromatic heterocycles. The monoisotopic (exact) mass is 370 g/mol. The number of aliphatic hydroxyl groups excluding tert-OH is 3. The largest absolute Gasteiger partial charge is 0.394 e. The van der Waals surface area contributed by atoms with Gasteiger partial charge in [0.15, 0.2) is 23.2 Å². The van der Waals surface area contributed by atoms with Crippen LogP contribution in [-0.2, 0) is 4.74 Å². The van der Waals surface area contributed by atoms with Gasteiger partial charge in [-0.05, 0) is 5.56 Å². The lowest BCUT2D eigenvalue weighted by atomic mass is 10.1. The lowest BCUT2D eigenvalue weighted by molar-refractivity contribution is -0.0511. The van der Waals surface area contributed by atoms with E-state index < -0.39 is 31.1 Å². The average molecular weight is 370 g/mol. The summed E-state index contributed by atoms with van der Waals surface area (Å²) in [7, 11) is 0. The highest BCUT2D eigenvalue weighted by atomic mass is 16.6. The molecule has 1 aliphatic heterocycles. The molecule has 10 nitrogen and oxygen atoms in total. The molecule has 4 atom stereocenters. The van der Waals surface area contributed by atoms with Crippen LogP contribution in [-0.4, -0.2) is 66.0 Å². The van der Waals surface area contributed by atoms with Crippen LogP contribution in [0.25, 0.3) is 11.2 Å². The predicted octanol–water partition coefficient (Wildman–Crippen LogP) is -0.116. The van der Waals surface area contributed by atoms with Gasteiger partial charge < -0.3 is 20.1 Å². The van der Waals surface area contributed by atoms with E-state index in [0.29, 0.717) is 17.0 Å². The van der Waals surface area contributed by atoms with Crippen LogP contribution in [0.4, 0.5) is 5.82 Å². The number of aliphatic hydroxyl groups is 3. The van der Waals surface area contributed by atoms with Gasteiger partial charge >= 0.3 is 0 Å². The number of aromatic nitrogens is 4. The van der Waals surface area contributed by atoms with E-state index in [1.165, 1.54) is 17.2 Å². The average Bonchev–Trinajstić information content (AvgIpc) is 3.25. The number of imidazole rings is 1. The topological polar surface area (TPSA) is 138 Å². The number of hydrazone groups is 1. The molecule has 3 heterocycles. The van der Waals surface area contributed by atoms with Crippen molar-refractivity contribution in [2.75, 3.05) is 12.0 Å². The lowest BCUT2D eigenvalue weighted by Crippen LogP contribution is -2.33. The first-order valence-electron chi connectivity index (χ1n) is 8.33. The fourth-order valence-corrected chi connectivity index (χ4v) is 2.94. The Morgan fingerprint density at radius 1 is 1.15 bits per heavy atom. The third kappa shape index (κ3) is 3.26. The Balaban J connectivity index is 1.60. The highest BCUT2D eigenvalue weighted by molar-refractivity contribution is 5.84. The molecular weight excluding hydrogens is 352 g/mol. The Morgan fingerprint density at radius 2 is 1.96 bits per heavy atom. The SMILES string of the molecule is OC[C@H]1O[C@@H](n2cnc3c(N/N=C/c4ccccc4)ncnc32)[C@@H](O)C1O. The molecule has 1 aliphatic rings. The van der Waals surface area contributed by atoms with E-state index in [1.807, 2.05) is 30.3 Å². The molecule has 140 valence electrons. The minimum atomic E-state index is -1.22. The Morgan fingerprint density at radius 3 is 2.70 bits per heavy atom. The molecule has 4 N–H and O–H groups in total. The number of hydrogen-bond acceptors (Lipinski definition) is 9. The van der Waals surface area contributed by atoms with Crippen molar-refractivity contribution >= 4 is 23.2 Å². The number of fused-ring (bicyclic) bond motifs is 1. The van der Waals surface area contributed by atoms with E-state index >= 15 is 0 Å². The number of nitrogens with one attached hydrogen (secondary N) is 1.